The monoisotopic (exact) mass is 441 g/mol. The molecule has 3 atom stereocenters. The summed E-state index contributed by atoms with van der Waals surface area (Å²) in [5.41, 5.74) is 2.57. The number of ketones is 1. The average molecular weight is 441 g/mol. The third kappa shape index (κ3) is 4.30. The van der Waals surface area contributed by atoms with E-state index in [0.29, 0.717) is 40.3 Å². The lowest BCUT2D eigenvalue weighted by molar-refractivity contribution is -0.151. The van der Waals surface area contributed by atoms with Crippen molar-refractivity contribution in [2.45, 2.75) is 40.0 Å². The summed E-state index contributed by atoms with van der Waals surface area (Å²) in [4.78, 5) is 50.1. The molecule has 1 aromatic rings. The SMILES string of the molecule is CCOC(=O)C1=C(C)NC2=C(C(=O)[C@@H](C(=O)OC)[C@H](C)C2)[C@H]1c1ccc(OC(C)=O)cc1. The number of carbonyl (C=O) groups is 4. The number of hydrogen-bond donors (Lipinski definition) is 1. The van der Waals surface area contributed by atoms with E-state index in [1.165, 1.54) is 14.0 Å². The molecule has 0 spiro atoms. The van der Waals surface area contributed by atoms with Crippen LogP contribution in [-0.4, -0.2) is 37.4 Å². The van der Waals surface area contributed by atoms with Crippen LogP contribution >= 0.6 is 0 Å². The second kappa shape index (κ2) is 9.38. The van der Waals surface area contributed by atoms with E-state index in [-0.39, 0.29) is 18.3 Å². The van der Waals surface area contributed by atoms with Gasteiger partial charge in [0.15, 0.2) is 5.78 Å². The van der Waals surface area contributed by atoms with Crippen molar-refractivity contribution in [2.75, 3.05) is 13.7 Å². The number of nitrogens with one attached hydrogen (secondary N) is 1. The lowest BCUT2D eigenvalue weighted by Gasteiger charge is -2.38. The first-order valence-corrected chi connectivity index (χ1v) is 10.5. The molecule has 1 aliphatic heterocycles. The van der Waals surface area contributed by atoms with Crippen LogP contribution in [0.1, 0.15) is 45.6 Å². The predicted octanol–water partition coefficient (Wildman–Crippen LogP) is 2.79. The second-order valence-corrected chi connectivity index (χ2v) is 7.92. The molecule has 0 bridgehead atoms. The number of hydrogen-bond acceptors (Lipinski definition) is 8. The summed E-state index contributed by atoms with van der Waals surface area (Å²) in [6.45, 7) is 6.77. The minimum absolute atomic E-state index is 0.176. The van der Waals surface area contributed by atoms with Gasteiger partial charge in [0.05, 0.1) is 19.3 Å². The smallest absolute Gasteiger partial charge is 0.336 e. The molecule has 0 saturated heterocycles. The predicted molar refractivity (Wildman–Crippen MR) is 114 cm³/mol. The Morgan fingerprint density at radius 1 is 1.16 bits per heavy atom. The Labute approximate surface area is 186 Å². The van der Waals surface area contributed by atoms with E-state index in [1.54, 1.807) is 38.1 Å². The van der Waals surface area contributed by atoms with Crippen molar-refractivity contribution in [1.29, 1.82) is 0 Å². The van der Waals surface area contributed by atoms with Crippen molar-refractivity contribution >= 4 is 23.7 Å². The van der Waals surface area contributed by atoms with Gasteiger partial charge in [-0.15, -0.1) is 0 Å². The van der Waals surface area contributed by atoms with Gasteiger partial charge < -0.3 is 19.5 Å². The highest BCUT2D eigenvalue weighted by Crippen LogP contribution is 2.45. The van der Waals surface area contributed by atoms with Crippen molar-refractivity contribution < 1.29 is 33.4 Å². The maximum absolute atomic E-state index is 13.6. The van der Waals surface area contributed by atoms with Crippen LogP contribution in [0.25, 0.3) is 0 Å². The van der Waals surface area contributed by atoms with Crippen LogP contribution in [0.15, 0.2) is 46.8 Å². The molecule has 3 rings (SSSR count). The average Bonchev–Trinajstić information content (AvgIpc) is 2.72. The number of benzene rings is 1. The molecular weight excluding hydrogens is 414 g/mol. The highest BCUT2D eigenvalue weighted by Gasteiger charge is 2.47. The van der Waals surface area contributed by atoms with E-state index in [2.05, 4.69) is 5.32 Å². The van der Waals surface area contributed by atoms with Gasteiger partial charge in [0, 0.05) is 29.8 Å². The molecule has 0 saturated carbocycles. The van der Waals surface area contributed by atoms with Crippen LogP contribution in [0, 0.1) is 11.8 Å². The highest BCUT2D eigenvalue weighted by atomic mass is 16.5. The largest absolute Gasteiger partial charge is 0.468 e. The first kappa shape index (κ1) is 23.2. The number of methoxy groups -OCH3 is 1. The third-order valence-corrected chi connectivity index (χ3v) is 5.71. The van der Waals surface area contributed by atoms with E-state index >= 15 is 0 Å². The fourth-order valence-corrected chi connectivity index (χ4v) is 4.39. The van der Waals surface area contributed by atoms with Gasteiger partial charge in [-0.25, -0.2) is 4.79 Å². The number of dihydropyridines is 1. The van der Waals surface area contributed by atoms with Crippen molar-refractivity contribution in [1.82, 2.24) is 5.32 Å². The molecule has 1 aromatic carbocycles. The van der Waals surface area contributed by atoms with E-state index in [1.807, 2.05) is 6.92 Å². The lowest BCUT2D eigenvalue weighted by Crippen LogP contribution is -2.43. The maximum atomic E-state index is 13.6. The molecule has 32 heavy (non-hydrogen) atoms. The number of allylic oxidation sites excluding steroid dienone is 3. The number of esters is 3. The summed E-state index contributed by atoms with van der Waals surface area (Å²) < 4.78 is 15.3. The van der Waals surface area contributed by atoms with Crippen LogP contribution in [0.5, 0.6) is 5.75 Å². The summed E-state index contributed by atoms with van der Waals surface area (Å²) >= 11 is 0. The Morgan fingerprint density at radius 2 is 1.81 bits per heavy atom. The van der Waals surface area contributed by atoms with E-state index < -0.39 is 29.7 Å². The number of carbonyl (C=O) groups excluding carboxylic acids is 4. The van der Waals surface area contributed by atoms with E-state index in [4.69, 9.17) is 14.2 Å². The molecule has 0 fully saturated rings. The zero-order valence-corrected chi connectivity index (χ0v) is 18.8. The van der Waals surface area contributed by atoms with E-state index in [9.17, 15) is 19.2 Å². The first-order valence-electron chi connectivity index (χ1n) is 10.5. The van der Waals surface area contributed by atoms with Gasteiger partial charge in [0.25, 0.3) is 0 Å². The van der Waals surface area contributed by atoms with Crippen LogP contribution in [0.3, 0.4) is 0 Å². The van der Waals surface area contributed by atoms with Gasteiger partial charge in [-0.3, -0.25) is 14.4 Å². The molecule has 0 aromatic heterocycles. The maximum Gasteiger partial charge on any atom is 0.336 e. The lowest BCUT2D eigenvalue weighted by atomic mass is 9.69. The van der Waals surface area contributed by atoms with Crippen molar-refractivity contribution in [3.05, 3.63) is 52.4 Å². The number of Topliss-reactive ketones (excluding diaryl/α,β-unsaturated/α-hetero) is 1. The Kier molecular flexibility index (Phi) is 6.81. The minimum atomic E-state index is -0.953. The fourth-order valence-electron chi connectivity index (χ4n) is 4.39. The summed E-state index contributed by atoms with van der Waals surface area (Å²) in [7, 11) is 1.25. The zero-order chi connectivity index (χ0) is 23.6. The Hall–Kier alpha value is -3.42. The minimum Gasteiger partial charge on any atom is -0.468 e. The Balaban J connectivity index is 2.14. The van der Waals surface area contributed by atoms with Gasteiger partial charge >= 0.3 is 17.9 Å². The van der Waals surface area contributed by atoms with Crippen LogP contribution in [-0.2, 0) is 28.7 Å². The molecule has 8 nitrogen and oxygen atoms in total. The van der Waals surface area contributed by atoms with Gasteiger partial charge in [-0.2, -0.15) is 0 Å². The van der Waals surface area contributed by atoms with Crippen molar-refractivity contribution in [3.63, 3.8) is 0 Å². The molecule has 0 unspecified atom stereocenters. The number of ether oxygens (including phenoxy) is 3. The summed E-state index contributed by atoms with van der Waals surface area (Å²) in [5, 5.41) is 3.20. The molecule has 2 aliphatic rings. The second-order valence-electron chi connectivity index (χ2n) is 7.92. The van der Waals surface area contributed by atoms with Crippen LogP contribution < -0.4 is 10.1 Å². The molecule has 1 heterocycles. The molecule has 1 aliphatic carbocycles. The van der Waals surface area contributed by atoms with Crippen LogP contribution in [0.4, 0.5) is 0 Å². The van der Waals surface area contributed by atoms with Gasteiger partial charge in [0.1, 0.15) is 11.7 Å². The van der Waals surface area contributed by atoms with Crippen LogP contribution in [0.2, 0.25) is 0 Å². The van der Waals surface area contributed by atoms with E-state index in [0.717, 1.165) is 0 Å². The summed E-state index contributed by atoms with van der Waals surface area (Å²) in [6.07, 6.45) is 0.455. The summed E-state index contributed by atoms with van der Waals surface area (Å²) in [5.74, 6) is -3.56. The highest BCUT2D eigenvalue weighted by molar-refractivity contribution is 6.12. The zero-order valence-electron chi connectivity index (χ0n) is 18.8. The number of rotatable bonds is 5. The van der Waals surface area contributed by atoms with Crippen molar-refractivity contribution in [2.24, 2.45) is 11.8 Å². The Bertz CT molecular complexity index is 1020. The fraction of sp³-hybridized carbons (Fsp3) is 0.417. The summed E-state index contributed by atoms with van der Waals surface area (Å²) in [6, 6.07) is 6.60. The first-order chi connectivity index (χ1) is 15.2. The Morgan fingerprint density at radius 3 is 2.38 bits per heavy atom. The molecule has 1 N–H and O–H groups in total. The molecular formula is C24H27NO7. The normalized spacial score (nSPS) is 22.7. The quantitative estimate of drug-likeness (QED) is 0.422. The molecule has 0 amide bonds. The standard InChI is InChI=1S/C24H27NO7/c1-6-31-24(29)19-13(3)25-17-11-12(2)18(23(28)30-5)22(27)21(17)20(19)15-7-9-16(10-8-15)32-14(4)26/h7-10,12,18,20,25H,6,11H2,1-5H3/t12-,18+,20+/m1/s1. The van der Waals surface area contributed by atoms with Crippen molar-refractivity contribution in [3.8, 4) is 5.75 Å². The van der Waals surface area contributed by atoms with Gasteiger partial charge in [-0.05, 0) is 43.9 Å². The van der Waals surface area contributed by atoms with Gasteiger partial charge in [0.2, 0.25) is 0 Å². The molecule has 170 valence electrons. The third-order valence-electron chi connectivity index (χ3n) is 5.71. The van der Waals surface area contributed by atoms with Gasteiger partial charge in [-0.1, -0.05) is 19.1 Å². The molecule has 8 heteroatoms. The molecule has 0 radical (unpaired) electrons. The topological polar surface area (TPSA) is 108 Å².